The second-order valence-electron chi connectivity index (χ2n) is 37.8. The minimum Gasteiger partial charge on any atom is -0.278 e. The summed E-state index contributed by atoms with van der Waals surface area (Å²) in [6.45, 7) is 0. The van der Waals surface area contributed by atoms with E-state index in [0.717, 1.165) is 99.6 Å². The highest BCUT2D eigenvalue weighted by Gasteiger charge is 2.26. The van der Waals surface area contributed by atoms with Crippen molar-refractivity contribution in [2.45, 2.75) is 0 Å². The molecule has 0 atom stereocenters. The first-order valence-electron chi connectivity index (χ1n) is 49.3. The third-order valence-electron chi connectivity index (χ3n) is 29.6. The molecule has 0 aliphatic heterocycles. The van der Waals surface area contributed by atoms with Crippen LogP contribution in [0.3, 0.4) is 0 Å². The van der Waals surface area contributed by atoms with Gasteiger partial charge in [-0.3, -0.25) is 13.7 Å². The van der Waals surface area contributed by atoms with Crippen molar-refractivity contribution < 1.29 is 0 Å². The first kappa shape index (κ1) is 83.2. The zero-order valence-corrected chi connectivity index (χ0v) is 80.8. The van der Waals surface area contributed by atoms with Gasteiger partial charge in [-0.2, -0.15) is 0 Å². The summed E-state index contributed by atoms with van der Waals surface area (Å²) in [7, 11) is 0. The number of para-hydroxylation sites is 6. The molecule has 0 fully saturated rings. The summed E-state index contributed by atoms with van der Waals surface area (Å²) in [5, 5.41) is 30.4. The van der Waals surface area contributed by atoms with Gasteiger partial charge in [0.25, 0.3) is 0 Å². The third kappa shape index (κ3) is 13.5. The second-order valence-corrected chi connectivity index (χ2v) is 41.0. The molecule has 0 N–H and O–H groups in total. The number of hydrogen-bond donors (Lipinski definition) is 0. The van der Waals surface area contributed by atoms with Crippen LogP contribution in [0.1, 0.15) is 0 Å². The smallest absolute Gasteiger partial charge is 0.235 e. The Hall–Kier alpha value is -18.6. The highest BCUT2D eigenvalue weighted by atomic mass is 32.1. The Labute approximate surface area is 847 Å². The SMILES string of the molecule is c1ccc(-c2nc(-n3c4ccccc4c4c5ccc(-c6cccc7c6sc6ccccc67)cc5ccc43)nc3ccccc23)cc1.c1ccc2cc(-c3nc(-n4c5ccccc5c5c6ccc(-c7ccc8sc9ccccc9c8c7)cc6ccc54)nc4ccccc34)ccc2c1.c1ccc2cc(-c3nc(-n4c5ccccc5c5c6ccc(-c7cccc8c7sc7ccccc78)cc6ccc54)nc4ccccc34)ccc2c1. The van der Waals surface area contributed by atoms with Crippen LogP contribution in [0.25, 0.3) is 298 Å². The van der Waals surface area contributed by atoms with Gasteiger partial charge in [0.2, 0.25) is 17.8 Å². The maximum absolute atomic E-state index is 5.35. The predicted molar refractivity (Wildman–Crippen MR) is 620 cm³/mol. The molecule has 32 rings (SSSR count). The molecule has 0 saturated carbocycles. The minimum absolute atomic E-state index is 0.672. The molecule has 9 nitrogen and oxygen atoms in total. The molecule has 12 heteroatoms. The molecule has 9 aromatic heterocycles. The number of fused-ring (bicyclic) bond motifs is 29. The van der Waals surface area contributed by atoms with Crippen LogP contribution in [0.4, 0.5) is 0 Å². The Morgan fingerprint density at radius 1 is 0.151 bits per heavy atom. The van der Waals surface area contributed by atoms with Gasteiger partial charge in [0, 0.05) is 126 Å². The maximum atomic E-state index is 5.35. The molecule has 9 heterocycles. The standard InChI is InChI=1S/2C46H27N3S.C42H25N3S/c1-2-11-29-26-32(21-20-28(29)10-1)44-37-13-3-6-17-39(37)47-46(48-44)49-40-18-7-4-14-38(40)43-33-24-22-31(27-30(33)23-25-41(43)49)34-15-9-16-36-35-12-5-8-19-42(35)50-45(34)36;1-2-10-29-26-33(18-17-28(29)9-1)45-36-12-3-6-14-39(36)47-46(48-45)49-40-15-7-4-13-37(40)44-34-22-19-30(25-32(34)20-23-41(44)49)31-21-24-43-38(27-31)35-11-5-8-16-42(35)50-43;1-2-11-26(12-3-1)40-33-14-4-7-18-35(33)43-42(44-40)45-36-19-8-5-15-34(36)39-29-23-21-28(25-27(29)22-24-37(39)45)30-16-10-17-32-31-13-6-9-20-38(31)46-41(30)32/h2*1-27H;1-25H. The van der Waals surface area contributed by atoms with E-state index in [1.807, 2.05) is 46.1 Å². The monoisotopic (exact) mass is 1910 g/mol. The molecular formula is C134H79N9S3. The van der Waals surface area contributed by atoms with E-state index < -0.39 is 0 Å². The average Bonchev–Trinajstić information content (AvgIpc) is 1.57. The molecule has 23 aromatic carbocycles. The Balaban J connectivity index is 0.000000102. The van der Waals surface area contributed by atoms with Gasteiger partial charge >= 0.3 is 0 Å². The molecule has 0 aliphatic rings. The van der Waals surface area contributed by atoms with Crippen molar-refractivity contribution in [1.29, 1.82) is 0 Å². The van der Waals surface area contributed by atoms with Crippen LogP contribution in [0.2, 0.25) is 0 Å². The van der Waals surface area contributed by atoms with Gasteiger partial charge in [0.1, 0.15) is 0 Å². The molecular weight excluding hydrogens is 1830 g/mol. The topological polar surface area (TPSA) is 92.1 Å². The highest BCUT2D eigenvalue weighted by Crippen LogP contribution is 2.49. The summed E-state index contributed by atoms with van der Waals surface area (Å²) < 4.78 is 14.7. The zero-order valence-electron chi connectivity index (χ0n) is 78.4. The maximum Gasteiger partial charge on any atom is 0.235 e. The molecule has 0 bridgehead atoms. The lowest BCUT2D eigenvalue weighted by Gasteiger charge is -2.12. The summed E-state index contributed by atoms with van der Waals surface area (Å²) in [6, 6.07) is 172. The average molecular weight is 1910 g/mol. The van der Waals surface area contributed by atoms with Gasteiger partial charge in [-0.1, -0.05) is 364 Å². The van der Waals surface area contributed by atoms with Gasteiger partial charge in [0.05, 0.1) is 66.7 Å². The van der Waals surface area contributed by atoms with Gasteiger partial charge < -0.3 is 0 Å². The van der Waals surface area contributed by atoms with Gasteiger partial charge in [-0.15, -0.1) is 34.0 Å². The van der Waals surface area contributed by atoms with Crippen LogP contribution < -0.4 is 0 Å². The molecule has 0 aliphatic carbocycles. The van der Waals surface area contributed by atoms with E-state index in [2.05, 4.69) is 481 Å². The fourth-order valence-electron chi connectivity index (χ4n) is 22.8. The van der Waals surface area contributed by atoms with Crippen molar-refractivity contribution in [3.05, 3.63) is 479 Å². The van der Waals surface area contributed by atoms with Crippen LogP contribution in [0.5, 0.6) is 0 Å². The molecule has 678 valence electrons. The lowest BCUT2D eigenvalue weighted by molar-refractivity contribution is 1.01. The molecule has 0 amide bonds. The fraction of sp³-hybridized carbons (Fsp3) is 0. The van der Waals surface area contributed by atoms with Crippen molar-refractivity contribution in [3.8, 4) is 85.0 Å². The second kappa shape index (κ2) is 33.6. The predicted octanol–water partition coefficient (Wildman–Crippen LogP) is 37.1. The summed E-state index contributed by atoms with van der Waals surface area (Å²) >= 11 is 5.61. The Morgan fingerprint density at radius 3 is 0.890 bits per heavy atom. The fourth-order valence-corrected chi connectivity index (χ4v) is 26.4. The molecule has 0 radical (unpaired) electrons. The molecule has 146 heavy (non-hydrogen) atoms. The van der Waals surface area contributed by atoms with Gasteiger partial charge in [0.15, 0.2) is 0 Å². The molecule has 0 unspecified atom stereocenters. The Morgan fingerprint density at radius 2 is 0.452 bits per heavy atom. The quantitative estimate of drug-likeness (QED) is 0.143. The Bertz CT molecular complexity index is 11100. The third-order valence-corrected chi connectivity index (χ3v) is 33.2. The van der Waals surface area contributed by atoms with Crippen LogP contribution in [-0.2, 0) is 0 Å². The van der Waals surface area contributed by atoms with E-state index in [9.17, 15) is 0 Å². The largest absolute Gasteiger partial charge is 0.278 e. The number of thiophene rings is 3. The van der Waals surface area contributed by atoms with Crippen LogP contribution >= 0.6 is 34.0 Å². The van der Waals surface area contributed by atoms with Crippen molar-refractivity contribution >= 4 is 247 Å². The van der Waals surface area contributed by atoms with Crippen molar-refractivity contribution in [3.63, 3.8) is 0 Å². The summed E-state index contributed by atoms with van der Waals surface area (Å²) in [4.78, 5) is 31.5. The zero-order chi connectivity index (χ0) is 95.7. The summed E-state index contributed by atoms with van der Waals surface area (Å²) in [5.74, 6) is 2.02. The first-order chi connectivity index (χ1) is 72.4. The van der Waals surface area contributed by atoms with E-state index in [1.165, 1.54) is 180 Å². The van der Waals surface area contributed by atoms with Crippen LogP contribution in [0.15, 0.2) is 479 Å². The van der Waals surface area contributed by atoms with Crippen molar-refractivity contribution in [2.24, 2.45) is 0 Å². The summed E-state index contributed by atoms with van der Waals surface area (Å²) in [5.41, 5.74) is 22.9. The lowest BCUT2D eigenvalue weighted by atomic mass is 9.97. The number of nitrogens with zero attached hydrogens (tertiary/aromatic N) is 9. The van der Waals surface area contributed by atoms with Gasteiger partial charge in [-0.25, -0.2) is 29.9 Å². The number of aromatic nitrogens is 9. The van der Waals surface area contributed by atoms with E-state index in [1.54, 1.807) is 0 Å². The Kier molecular flexibility index (Phi) is 19.1. The normalized spacial score (nSPS) is 12.0. The number of hydrogen-bond acceptors (Lipinski definition) is 9. The first-order valence-corrected chi connectivity index (χ1v) is 51.8. The molecule has 0 saturated heterocycles. The van der Waals surface area contributed by atoms with Crippen molar-refractivity contribution in [1.82, 2.24) is 43.6 Å². The van der Waals surface area contributed by atoms with Crippen LogP contribution in [0, 0.1) is 0 Å². The lowest BCUT2D eigenvalue weighted by Crippen LogP contribution is -2.03. The van der Waals surface area contributed by atoms with Crippen LogP contribution in [-0.4, -0.2) is 43.6 Å². The molecule has 32 aromatic rings. The van der Waals surface area contributed by atoms with E-state index in [0.29, 0.717) is 17.8 Å². The van der Waals surface area contributed by atoms with Gasteiger partial charge in [-0.05, 0) is 203 Å². The van der Waals surface area contributed by atoms with E-state index in [-0.39, 0.29) is 0 Å². The van der Waals surface area contributed by atoms with E-state index in [4.69, 9.17) is 29.9 Å². The number of benzene rings is 23. The highest BCUT2D eigenvalue weighted by molar-refractivity contribution is 7.27. The number of rotatable bonds is 9. The van der Waals surface area contributed by atoms with Crippen molar-refractivity contribution in [2.75, 3.05) is 0 Å². The van der Waals surface area contributed by atoms with E-state index >= 15 is 0 Å². The molecule has 0 spiro atoms. The minimum atomic E-state index is 0.672. The summed E-state index contributed by atoms with van der Waals surface area (Å²) in [6.07, 6.45) is 0.